The van der Waals surface area contributed by atoms with Gasteiger partial charge in [-0.25, -0.2) is 0 Å². The van der Waals surface area contributed by atoms with Crippen LogP contribution in [0.2, 0.25) is 0 Å². The molecule has 2 aromatic rings. The lowest BCUT2D eigenvalue weighted by Crippen LogP contribution is -2.68. The lowest BCUT2D eigenvalue weighted by atomic mass is 9.85. The van der Waals surface area contributed by atoms with Crippen molar-refractivity contribution in [2.75, 3.05) is 12.0 Å². The second-order valence-corrected chi connectivity index (χ2v) is 11.4. The van der Waals surface area contributed by atoms with Crippen LogP contribution in [-0.4, -0.2) is 35.6 Å². The van der Waals surface area contributed by atoms with Gasteiger partial charge < -0.3 is 9.47 Å². The van der Waals surface area contributed by atoms with Gasteiger partial charge in [0, 0.05) is 16.1 Å². The number of hydrogen-bond donors (Lipinski definition) is 0. The van der Waals surface area contributed by atoms with Gasteiger partial charge in [0.05, 0.1) is 12.7 Å². The second kappa shape index (κ2) is 8.18. The van der Waals surface area contributed by atoms with Gasteiger partial charge in [-0.1, -0.05) is 59.8 Å². The number of β-lactam (4-membered cyclic amide) rings is 1. The quantitative estimate of drug-likeness (QED) is 0.314. The Balaban J connectivity index is 1.42. The predicted octanol–water partition coefficient (Wildman–Crippen LogP) is 5.44. The number of nitrogens with zero attached hydrogens (tertiary/aromatic N) is 1. The number of ether oxygens (including phenoxy) is 2. The minimum absolute atomic E-state index is 0.0364. The molecule has 1 heterocycles. The number of carbonyl (C=O) groups is 1. The summed E-state index contributed by atoms with van der Waals surface area (Å²) in [5, 5.41) is 0. The van der Waals surface area contributed by atoms with Crippen LogP contribution in [0.15, 0.2) is 54.6 Å². The number of alkyl halides is 1. The second-order valence-electron chi connectivity index (χ2n) is 10.3. The maximum Gasteiger partial charge on any atom is 0.260 e. The number of benzene rings is 2. The van der Waals surface area contributed by atoms with Gasteiger partial charge in [-0.05, 0) is 73.4 Å². The fraction of sp³-hybridized carbons (Fsp3) is 0.464. The lowest BCUT2D eigenvalue weighted by Gasteiger charge is -2.49. The van der Waals surface area contributed by atoms with Crippen molar-refractivity contribution in [2.24, 2.45) is 17.3 Å². The molecule has 3 aliphatic rings. The number of halogens is 1. The first-order valence-corrected chi connectivity index (χ1v) is 12.5. The molecule has 3 fully saturated rings. The summed E-state index contributed by atoms with van der Waals surface area (Å²) >= 11 is 3.90. The normalized spacial score (nSPS) is 33.9. The summed E-state index contributed by atoms with van der Waals surface area (Å²) < 4.78 is 11.9. The Kier molecular flexibility index (Phi) is 5.58. The fourth-order valence-electron chi connectivity index (χ4n) is 5.61. The van der Waals surface area contributed by atoms with Crippen molar-refractivity contribution in [1.29, 1.82) is 0 Å². The van der Waals surface area contributed by atoms with Crippen LogP contribution in [-0.2, 0) is 9.53 Å². The van der Waals surface area contributed by atoms with E-state index in [0.717, 1.165) is 35.8 Å². The SMILES string of the molecule is COc1ccc(N2C(=O)[C@H](O[C@]3(C)C[C@@H]4[C@H](C[C@H]3Br)C4(C)C)[C@H]2C#Cc2ccccc2)cc1. The summed E-state index contributed by atoms with van der Waals surface area (Å²) in [5.41, 5.74) is 1.70. The van der Waals surface area contributed by atoms with E-state index >= 15 is 0 Å². The van der Waals surface area contributed by atoms with Crippen LogP contribution >= 0.6 is 15.9 Å². The highest BCUT2D eigenvalue weighted by Crippen LogP contribution is 2.68. The van der Waals surface area contributed by atoms with Gasteiger partial charge in [0.2, 0.25) is 0 Å². The molecule has 1 saturated heterocycles. The van der Waals surface area contributed by atoms with Crippen molar-refractivity contribution in [2.45, 2.75) is 56.2 Å². The Labute approximate surface area is 204 Å². The van der Waals surface area contributed by atoms with Gasteiger partial charge in [0.1, 0.15) is 11.8 Å². The Morgan fingerprint density at radius 3 is 2.39 bits per heavy atom. The van der Waals surface area contributed by atoms with Crippen LogP contribution in [0, 0.1) is 29.1 Å². The molecule has 1 amide bonds. The minimum atomic E-state index is -0.577. The van der Waals surface area contributed by atoms with E-state index in [2.05, 4.69) is 48.5 Å². The number of hydrogen-bond acceptors (Lipinski definition) is 3. The summed E-state index contributed by atoms with van der Waals surface area (Å²) in [6.45, 7) is 6.85. The first-order chi connectivity index (χ1) is 15.7. The van der Waals surface area contributed by atoms with E-state index in [1.165, 1.54) is 0 Å². The minimum Gasteiger partial charge on any atom is -0.497 e. The number of carbonyl (C=O) groups excluding carboxylic acids is 1. The average Bonchev–Trinajstić information content (AvgIpc) is 3.33. The van der Waals surface area contributed by atoms with Crippen molar-refractivity contribution in [3.8, 4) is 17.6 Å². The van der Waals surface area contributed by atoms with Gasteiger partial charge in [-0.15, -0.1) is 0 Å². The largest absolute Gasteiger partial charge is 0.497 e. The molecule has 5 rings (SSSR count). The van der Waals surface area contributed by atoms with E-state index in [1.807, 2.05) is 54.6 Å². The number of amides is 1. The van der Waals surface area contributed by atoms with Crippen molar-refractivity contribution in [1.82, 2.24) is 0 Å². The molecule has 2 saturated carbocycles. The number of fused-ring (bicyclic) bond motifs is 1. The molecule has 2 aliphatic carbocycles. The smallest absolute Gasteiger partial charge is 0.260 e. The number of methoxy groups -OCH3 is 1. The highest BCUT2D eigenvalue weighted by molar-refractivity contribution is 9.09. The number of rotatable bonds is 4. The Morgan fingerprint density at radius 1 is 1.03 bits per heavy atom. The summed E-state index contributed by atoms with van der Waals surface area (Å²) in [7, 11) is 1.63. The van der Waals surface area contributed by atoms with E-state index < -0.39 is 11.7 Å². The van der Waals surface area contributed by atoms with E-state index in [0.29, 0.717) is 11.3 Å². The summed E-state index contributed by atoms with van der Waals surface area (Å²) in [5.74, 6) is 8.69. The van der Waals surface area contributed by atoms with Crippen molar-refractivity contribution >= 4 is 27.5 Å². The third-order valence-corrected chi connectivity index (χ3v) is 9.31. The molecular formula is C28H30BrNO3. The summed E-state index contributed by atoms with van der Waals surface area (Å²) in [6, 6.07) is 17.1. The van der Waals surface area contributed by atoms with Gasteiger partial charge >= 0.3 is 0 Å². The molecular weight excluding hydrogens is 478 g/mol. The molecule has 5 heteroatoms. The first-order valence-electron chi connectivity index (χ1n) is 11.6. The lowest BCUT2D eigenvalue weighted by molar-refractivity contribution is -0.160. The first kappa shape index (κ1) is 22.5. The topological polar surface area (TPSA) is 38.8 Å². The Bertz CT molecular complexity index is 1100. The molecule has 6 atom stereocenters. The zero-order valence-corrected chi connectivity index (χ0v) is 21.1. The highest BCUT2D eigenvalue weighted by Gasteiger charge is 2.65. The highest BCUT2D eigenvalue weighted by atomic mass is 79.9. The average molecular weight is 508 g/mol. The molecule has 0 bridgehead atoms. The molecule has 0 aromatic heterocycles. The fourth-order valence-corrected chi connectivity index (χ4v) is 6.30. The Hall–Kier alpha value is -2.29. The van der Waals surface area contributed by atoms with Crippen molar-refractivity contribution in [3.05, 3.63) is 60.2 Å². The van der Waals surface area contributed by atoms with E-state index in [-0.39, 0.29) is 16.8 Å². The van der Waals surface area contributed by atoms with Crippen LogP contribution in [0.1, 0.15) is 39.2 Å². The molecule has 0 spiro atoms. The van der Waals surface area contributed by atoms with Crippen LogP contribution in [0.4, 0.5) is 5.69 Å². The molecule has 33 heavy (non-hydrogen) atoms. The standard InChI is InChI=1S/C28H30BrNO3/c1-27(2)21-16-24(29)28(3,17-22(21)27)33-25-23(15-10-18-8-6-5-7-9-18)30(26(25)31)19-11-13-20(32-4)14-12-19/h5-9,11-14,21-25H,16-17H2,1-4H3/t21-,22+,23+,24+,25+,28+/m0/s1. The van der Waals surface area contributed by atoms with Gasteiger partial charge in [-0.3, -0.25) is 9.69 Å². The third kappa shape index (κ3) is 3.88. The van der Waals surface area contributed by atoms with Crippen LogP contribution in [0.25, 0.3) is 0 Å². The Morgan fingerprint density at radius 2 is 1.73 bits per heavy atom. The summed E-state index contributed by atoms with van der Waals surface area (Å²) in [6.07, 6.45) is 1.47. The monoisotopic (exact) mass is 507 g/mol. The van der Waals surface area contributed by atoms with E-state index in [4.69, 9.17) is 9.47 Å². The third-order valence-electron chi connectivity index (χ3n) is 7.97. The maximum absolute atomic E-state index is 13.4. The molecule has 4 nitrogen and oxygen atoms in total. The maximum atomic E-state index is 13.4. The van der Waals surface area contributed by atoms with Gasteiger partial charge in [-0.2, -0.15) is 0 Å². The van der Waals surface area contributed by atoms with Crippen LogP contribution in [0.3, 0.4) is 0 Å². The molecule has 0 N–H and O–H groups in total. The number of anilines is 1. The predicted molar refractivity (Wildman–Crippen MR) is 134 cm³/mol. The molecule has 172 valence electrons. The summed E-state index contributed by atoms with van der Waals surface area (Å²) in [4.78, 5) is 15.3. The zero-order valence-electron chi connectivity index (χ0n) is 19.5. The van der Waals surface area contributed by atoms with Crippen LogP contribution < -0.4 is 9.64 Å². The van der Waals surface area contributed by atoms with Crippen molar-refractivity contribution in [3.63, 3.8) is 0 Å². The molecule has 0 unspecified atom stereocenters. The molecule has 2 aromatic carbocycles. The van der Waals surface area contributed by atoms with E-state index in [1.54, 1.807) is 12.0 Å². The zero-order chi connectivity index (χ0) is 23.4. The van der Waals surface area contributed by atoms with Crippen molar-refractivity contribution < 1.29 is 14.3 Å². The van der Waals surface area contributed by atoms with Crippen LogP contribution in [0.5, 0.6) is 5.75 Å². The van der Waals surface area contributed by atoms with Gasteiger partial charge in [0.15, 0.2) is 6.10 Å². The van der Waals surface area contributed by atoms with Gasteiger partial charge in [0.25, 0.3) is 5.91 Å². The van der Waals surface area contributed by atoms with E-state index in [9.17, 15) is 4.79 Å². The molecule has 1 aliphatic heterocycles. The molecule has 0 radical (unpaired) electrons.